The maximum Gasteiger partial charge on any atom is 0.320 e. The molecular formula is C19H32N2O2. The summed E-state index contributed by atoms with van der Waals surface area (Å²) in [6, 6.07) is 1.15. The zero-order chi connectivity index (χ0) is 16.2. The highest BCUT2D eigenvalue weighted by atomic mass is 16.3. The third-order valence-electron chi connectivity index (χ3n) is 6.84. The van der Waals surface area contributed by atoms with Gasteiger partial charge in [0.25, 0.3) is 0 Å². The minimum atomic E-state index is -0.408. The molecule has 23 heavy (non-hydrogen) atoms. The molecule has 0 aromatic rings. The van der Waals surface area contributed by atoms with Gasteiger partial charge in [0.2, 0.25) is 0 Å². The first-order chi connectivity index (χ1) is 11.0. The lowest BCUT2D eigenvalue weighted by atomic mass is 9.52. The quantitative estimate of drug-likeness (QED) is 0.845. The molecule has 2 atom stereocenters. The summed E-state index contributed by atoms with van der Waals surface area (Å²) in [7, 11) is 0. The minimum Gasteiger partial charge on any atom is -0.390 e. The van der Waals surface area contributed by atoms with Crippen molar-refractivity contribution in [1.29, 1.82) is 0 Å². The number of carbonyl (C=O) groups excluding carboxylic acids is 1. The van der Waals surface area contributed by atoms with Gasteiger partial charge in [0.05, 0.1) is 5.60 Å². The molecule has 1 N–H and O–H groups in total. The van der Waals surface area contributed by atoms with E-state index in [0.29, 0.717) is 29.8 Å². The lowest BCUT2D eigenvalue weighted by molar-refractivity contribution is -0.154. The molecule has 0 aromatic carbocycles. The Morgan fingerprint density at radius 2 is 1.74 bits per heavy atom. The third kappa shape index (κ3) is 2.67. The first kappa shape index (κ1) is 15.7. The molecule has 4 bridgehead atoms. The standard InChI is InChI=1S/C19H32N2O2/c1-3-7-21(16-5-6-16)18(22)20(4-2)17-14-8-13-9-15(17)12-19(23,10-13)11-14/h13-17,23H,3-12H2,1-2H3. The molecule has 0 spiro atoms. The molecule has 5 aliphatic rings. The van der Waals surface area contributed by atoms with Gasteiger partial charge in [-0.1, -0.05) is 6.92 Å². The summed E-state index contributed by atoms with van der Waals surface area (Å²) in [6.45, 7) is 6.01. The highest BCUT2D eigenvalue weighted by molar-refractivity contribution is 5.75. The molecule has 0 radical (unpaired) electrons. The molecule has 130 valence electrons. The van der Waals surface area contributed by atoms with Crippen LogP contribution in [-0.4, -0.2) is 51.7 Å². The first-order valence-corrected chi connectivity index (χ1v) is 9.84. The van der Waals surface area contributed by atoms with Gasteiger partial charge < -0.3 is 14.9 Å². The van der Waals surface area contributed by atoms with E-state index in [9.17, 15) is 9.90 Å². The van der Waals surface area contributed by atoms with Gasteiger partial charge in [-0.2, -0.15) is 0 Å². The molecule has 0 saturated heterocycles. The molecule has 2 unspecified atom stereocenters. The van der Waals surface area contributed by atoms with Crippen LogP contribution in [0.15, 0.2) is 0 Å². The average molecular weight is 320 g/mol. The Morgan fingerprint density at radius 1 is 1.09 bits per heavy atom. The second kappa shape index (κ2) is 5.65. The van der Waals surface area contributed by atoms with Crippen molar-refractivity contribution in [3.8, 4) is 0 Å². The predicted molar refractivity (Wildman–Crippen MR) is 90.1 cm³/mol. The topological polar surface area (TPSA) is 43.8 Å². The highest BCUT2D eigenvalue weighted by Gasteiger charge is 2.57. The third-order valence-corrected chi connectivity index (χ3v) is 6.84. The van der Waals surface area contributed by atoms with Gasteiger partial charge in [-0.25, -0.2) is 4.79 Å². The molecule has 0 heterocycles. The van der Waals surface area contributed by atoms with E-state index in [1.54, 1.807) is 0 Å². The summed E-state index contributed by atoms with van der Waals surface area (Å²) < 4.78 is 0. The van der Waals surface area contributed by atoms with Crippen LogP contribution in [0, 0.1) is 17.8 Å². The number of nitrogens with zero attached hydrogens (tertiary/aromatic N) is 2. The number of urea groups is 1. The zero-order valence-corrected chi connectivity index (χ0v) is 14.7. The van der Waals surface area contributed by atoms with Crippen molar-refractivity contribution in [2.45, 2.75) is 82.9 Å². The Balaban J connectivity index is 1.54. The van der Waals surface area contributed by atoms with Crippen LogP contribution < -0.4 is 0 Å². The SMILES string of the molecule is CCCN(C(=O)N(CC)C1C2CC3CC1CC(O)(C3)C2)C1CC1. The van der Waals surface area contributed by atoms with Crippen molar-refractivity contribution in [3.63, 3.8) is 0 Å². The molecule has 2 amide bonds. The fourth-order valence-corrected chi connectivity index (χ4v) is 6.16. The number of amides is 2. The molecule has 5 saturated carbocycles. The molecule has 5 rings (SSSR count). The maximum atomic E-state index is 13.2. The Kier molecular flexibility index (Phi) is 3.86. The van der Waals surface area contributed by atoms with Gasteiger partial charge in [0.1, 0.15) is 0 Å². The average Bonchev–Trinajstić information content (AvgIpc) is 3.30. The second-order valence-corrected chi connectivity index (χ2v) is 8.68. The van der Waals surface area contributed by atoms with E-state index >= 15 is 0 Å². The molecule has 4 heteroatoms. The van der Waals surface area contributed by atoms with Gasteiger partial charge in [-0.15, -0.1) is 0 Å². The summed E-state index contributed by atoms with van der Waals surface area (Å²) in [5.74, 6) is 1.76. The van der Waals surface area contributed by atoms with E-state index in [0.717, 1.165) is 38.8 Å². The van der Waals surface area contributed by atoms with Crippen molar-refractivity contribution < 1.29 is 9.90 Å². The normalized spacial score (nSPS) is 41.2. The summed E-state index contributed by atoms with van der Waals surface area (Å²) in [4.78, 5) is 17.6. The van der Waals surface area contributed by atoms with Gasteiger partial charge in [0, 0.05) is 25.2 Å². The Morgan fingerprint density at radius 3 is 2.22 bits per heavy atom. The van der Waals surface area contributed by atoms with E-state index in [1.165, 1.54) is 25.7 Å². The van der Waals surface area contributed by atoms with E-state index in [2.05, 4.69) is 23.6 Å². The van der Waals surface area contributed by atoms with Gasteiger partial charge in [-0.3, -0.25) is 0 Å². The fraction of sp³-hybridized carbons (Fsp3) is 0.947. The van der Waals surface area contributed by atoms with Gasteiger partial charge >= 0.3 is 6.03 Å². The molecule has 0 aliphatic heterocycles. The molecule has 5 aliphatic carbocycles. The van der Waals surface area contributed by atoms with E-state index in [4.69, 9.17) is 0 Å². The van der Waals surface area contributed by atoms with Crippen LogP contribution in [0.1, 0.15) is 65.2 Å². The van der Waals surface area contributed by atoms with Crippen LogP contribution in [-0.2, 0) is 0 Å². The summed E-state index contributed by atoms with van der Waals surface area (Å²) in [6.07, 6.45) is 8.72. The summed E-state index contributed by atoms with van der Waals surface area (Å²) in [5.41, 5.74) is -0.408. The van der Waals surface area contributed by atoms with Gasteiger partial charge in [0.15, 0.2) is 0 Å². The molecule has 4 nitrogen and oxygen atoms in total. The number of carbonyl (C=O) groups is 1. The Hall–Kier alpha value is -0.770. The van der Waals surface area contributed by atoms with Crippen molar-refractivity contribution in [2.75, 3.05) is 13.1 Å². The van der Waals surface area contributed by atoms with Crippen molar-refractivity contribution in [2.24, 2.45) is 17.8 Å². The summed E-state index contributed by atoms with van der Waals surface area (Å²) >= 11 is 0. The number of aliphatic hydroxyl groups is 1. The van der Waals surface area contributed by atoms with E-state index in [-0.39, 0.29) is 6.03 Å². The van der Waals surface area contributed by atoms with Crippen molar-refractivity contribution in [1.82, 2.24) is 9.80 Å². The summed E-state index contributed by atoms with van der Waals surface area (Å²) in [5, 5.41) is 10.8. The smallest absolute Gasteiger partial charge is 0.320 e. The monoisotopic (exact) mass is 320 g/mol. The first-order valence-electron chi connectivity index (χ1n) is 9.84. The Labute approximate surface area is 140 Å². The minimum absolute atomic E-state index is 0.279. The maximum absolute atomic E-state index is 13.2. The number of hydrogen-bond acceptors (Lipinski definition) is 2. The van der Waals surface area contributed by atoms with Crippen LogP contribution in [0.4, 0.5) is 4.79 Å². The highest BCUT2D eigenvalue weighted by Crippen LogP contribution is 2.57. The van der Waals surface area contributed by atoms with Crippen molar-refractivity contribution in [3.05, 3.63) is 0 Å². The molecule has 0 aromatic heterocycles. The predicted octanol–water partition coefficient (Wildman–Crippen LogP) is 3.24. The number of hydrogen-bond donors (Lipinski definition) is 1. The lowest BCUT2D eigenvalue weighted by Crippen LogP contribution is -2.64. The second-order valence-electron chi connectivity index (χ2n) is 8.68. The zero-order valence-electron chi connectivity index (χ0n) is 14.7. The van der Waals surface area contributed by atoms with Crippen LogP contribution in [0.3, 0.4) is 0 Å². The van der Waals surface area contributed by atoms with Crippen LogP contribution >= 0.6 is 0 Å². The van der Waals surface area contributed by atoms with E-state index in [1.807, 2.05) is 0 Å². The van der Waals surface area contributed by atoms with Gasteiger partial charge in [-0.05, 0) is 76.0 Å². The van der Waals surface area contributed by atoms with Crippen molar-refractivity contribution >= 4 is 6.03 Å². The van der Waals surface area contributed by atoms with Crippen LogP contribution in [0.2, 0.25) is 0 Å². The fourth-order valence-electron chi connectivity index (χ4n) is 6.16. The number of rotatable bonds is 5. The molecular weight excluding hydrogens is 288 g/mol. The molecule has 5 fully saturated rings. The van der Waals surface area contributed by atoms with Crippen LogP contribution in [0.5, 0.6) is 0 Å². The Bertz CT molecular complexity index is 460. The van der Waals surface area contributed by atoms with E-state index < -0.39 is 5.60 Å². The lowest BCUT2D eigenvalue weighted by Gasteiger charge is -2.60. The van der Waals surface area contributed by atoms with Crippen LogP contribution in [0.25, 0.3) is 0 Å². The largest absolute Gasteiger partial charge is 0.390 e.